The zero-order valence-electron chi connectivity index (χ0n) is 42.9. The Bertz CT molecular complexity index is 2410. The molecule has 1 aromatic heterocycles. The SMILES string of the molecule is C[C@@]1(O)CC[C@H]2[C@H](CC[C@@H]3[C@@H]2CC[C@@]2(C)[C@H]3CC[C@@H]2[C@](C)(C#N)Cn2cc(C#N)cn2)C1.Cc1ccc(S(=O)(=O)OCC(C)(C#N)[C@H]2CC[C@H]3[C@@H]4CC[C@@H]5CC(C)(C)CC[C@@H]5[C@H]4CC[C@]23C)cc1. The van der Waals surface area contributed by atoms with Gasteiger partial charge in [0.15, 0.2) is 0 Å². The topological polar surface area (TPSA) is 153 Å². The van der Waals surface area contributed by atoms with Crippen molar-refractivity contribution in [3.05, 3.63) is 47.8 Å². The molecular formula is C58H83N5O4S. The molecule has 0 bridgehead atoms. The maximum Gasteiger partial charge on any atom is 0.297 e. The van der Waals surface area contributed by atoms with Crippen LogP contribution in [0.3, 0.4) is 0 Å². The number of fused-ring (bicyclic) bond motifs is 10. The maximum absolute atomic E-state index is 12.9. The van der Waals surface area contributed by atoms with Crippen LogP contribution in [0.4, 0.5) is 0 Å². The number of aryl methyl sites for hydroxylation is 1. The smallest absolute Gasteiger partial charge is 0.297 e. The van der Waals surface area contributed by atoms with Gasteiger partial charge in [-0.25, -0.2) is 0 Å². The molecule has 0 radical (unpaired) electrons. The lowest BCUT2D eigenvalue weighted by Crippen LogP contribution is -2.52. The van der Waals surface area contributed by atoms with Gasteiger partial charge in [0.2, 0.25) is 0 Å². The lowest BCUT2D eigenvalue weighted by molar-refractivity contribution is -0.106. The predicted octanol–water partition coefficient (Wildman–Crippen LogP) is 12.8. The van der Waals surface area contributed by atoms with E-state index in [1.165, 1.54) is 83.5 Å². The quantitative estimate of drug-likeness (QED) is 0.257. The van der Waals surface area contributed by atoms with Crippen molar-refractivity contribution in [2.24, 2.45) is 98.1 Å². The van der Waals surface area contributed by atoms with Gasteiger partial charge in [0.25, 0.3) is 10.1 Å². The molecule has 370 valence electrons. The first-order chi connectivity index (χ1) is 32.1. The third-order valence-corrected chi connectivity index (χ3v) is 23.1. The summed E-state index contributed by atoms with van der Waals surface area (Å²) in [4.78, 5) is 0.164. The second kappa shape index (κ2) is 18.1. The summed E-state index contributed by atoms with van der Waals surface area (Å²) in [5, 5.41) is 44.8. The molecule has 8 aliphatic carbocycles. The molecular weight excluding hydrogens is 863 g/mol. The Morgan fingerprint density at radius 2 is 1.22 bits per heavy atom. The fourth-order valence-electron chi connectivity index (χ4n) is 18.7. The zero-order valence-corrected chi connectivity index (χ0v) is 43.7. The average molecular weight is 946 g/mol. The summed E-state index contributed by atoms with van der Waals surface area (Å²) in [6.45, 7) is 18.4. The number of hydrogen-bond acceptors (Lipinski definition) is 8. The maximum atomic E-state index is 12.9. The van der Waals surface area contributed by atoms with Crippen molar-refractivity contribution in [3.63, 3.8) is 0 Å². The fraction of sp³-hybridized carbons (Fsp3) is 0.793. The van der Waals surface area contributed by atoms with E-state index in [0.717, 1.165) is 85.0 Å². The van der Waals surface area contributed by atoms with Gasteiger partial charge in [-0.05, 0) is 243 Å². The number of nitriles is 3. The van der Waals surface area contributed by atoms with E-state index in [-0.39, 0.29) is 28.3 Å². The van der Waals surface area contributed by atoms with Crippen LogP contribution in [0.15, 0.2) is 41.6 Å². The van der Waals surface area contributed by atoms with Gasteiger partial charge < -0.3 is 5.11 Å². The van der Waals surface area contributed by atoms with Gasteiger partial charge in [0.05, 0.1) is 58.4 Å². The molecule has 8 aliphatic rings. The summed E-state index contributed by atoms with van der Waals surface area (Å²) in [5.74, 6) is 8.44. The van der Waals surface area contributed by atoms with Crippen molar-refractivity contribution in [2.45, 2.75) is 188 Å². The van der Waals surface area contributed by atoms with E-state index in [1.807, 2.05) is 25.5 Å². The van der Waals surface area contributed by atoms with E-state index in [2.05, 4.69) is 57.9 Å². The minimum atomic E-state index is -3.89. The number of nitrogens with zero attached hydrogens (tertiary/aromatic N) is 5. The summed E-state index contributed by atoms with van der Waals surface area (Å²) in [7, 11) is -3.89. The number of hydrogen-bond donors (Lipinski definition) is 1. The van der Waals surface area contributed by atoms with Crippen molar-refractivity contribution >= 4 is 10.1 Å². The number of benzene rings is 1. The first-order valence-corrected chi connectivity index (χ1v) is 28.4. The van der Waals surface area contributed by atoms with E-state index in [9.17, 15) is 24.0 Å². The molecule has 68 heavy (non-hydrogen) atoms. The second-order valence-corrected chi connectivity index (χ2v) is 28.1. The summed E-state index contributed by atoms with van der Waals surface area (Å²) in [6.07, 6.45) is 25.5. The molecule has 8 fully saturated rings. The van der Waals surface area contributed by atoms with Crippen molar-refractivity contribution in [1.82, 2.24) is 9.78 Å². The molecule has 1 aromatic carbocycles. The van der Waals surface area contributed by atoms with Crippen molar-refractivity contribution < 1.29 is 17.7 Å². The molecule has 1 N–H and O–H groups in total. The van der Waals surface area contributed by atoms with E-state index >= 15 is 0 Å². The summed E-state index contributed by atoms with van der Waals surface area (Å²) in [5.41, 5.74) is 0.612. The van der Waals surface area contributed by atoms with Crippen LogP contribution in [0, 0.1) is 139 Å². The number of aromatic nitrogens is 2. The molecule has 2 aromatic rings. The predicted molar refractivity (Wildman–Crippen MR) is 264 cm³/mol. The van der Waals surface area contributed by atoms with Gasteiger partial charge in [-0.1, -0.05) is 45.4 Å². The van der Waals surface area contributed by atoms with Crippen LogP contribution in [-0.2, 0) is 20.8 Å². The molecule has 0 spiro atoms. The van der Waals surface area contributed by atoms with E-state index in [4.69, 9.17) is 9.44 Å². The number of rotatable bonds is 8. The molecule has 1 heterocycles. The number of aliphatic hydroxyl groups is 1. The van der Waals surface area contributed by atoms with Crippen molar-refractivity contribution in [2.75, 3.05) is 6.61 Å². The Labute approximate surface area is 410 Å². The zero-order chi connectivity index (χ0) is 48.7. The minimum Gasteiger partial charge on any atom is -0.390 e. The highest BCUT2D eigenvalue weighted by molar-refractivity contribution is 7.86. The van der Waals surface area contributed by atoms with Crippen LogP contribution in [0.5, 0.6) is 0 Å². The van der Waals surface area contributed by atoms with Gasteiger partial charge in [0, 0.05) is 6.20 Å². The highest BCUT2D eigenvalue weighted by Gasteiger charge is 2.63. The van der Waals surface area contributed by atoms with Crippen molar-refractivity contribution in [3.8, 4) is 18.2 Å². The van der Waals surface area contributed by atoms with Crippen LogP contribution in [0.2, 0.25) is 0 Å². The third kappa shape index (κ3) is 8.93. The van der Waals surface area contributed by atoms with E-state index < -0.39 is 26.5 Å². The lowest BCUT2D eigenvalue weighted by Gasteiger charge is -2.58. The van der Waals surface area contributed by atoms with Crippen LogP contribution < -0.4 is 0 Å². The molecule has 17 atom stereocenters. The van der Waals surface area contributed by atoms with Gasteiger partial charge >= 0.3 is 0 Å². The standard InChI is InChI=1S/C31H45NO3S.C27H38N4O/c1-21-6-9-23(10-7-21)36(33,34)35-20-30(4,19-32)28-13-12-27-26-11-8-22-18-29(2,3)16-14-24(22)25(26)15-17-31(27,28)5;1-25(16-29,17-31-15-18(13-28)14-30-31)24-7-6-23-22-5-4-19-12-26(2,32)10-8-20(19)21(22)9-11-27(23,24)3/h6-7,9-10,22,24-28H,8,11-18,20H2,1-5H3;14-15,19-24,32H,4-12,17H2,1-3H3/t22-,24+,25-,26-,27+,28-,30?,31+;19-,20+,21-,22-,23+,24-,25-,26-,27+/m11/s1. The van der Waals surface area contributed by atoms with Crippen LogP contribution in [0.25, 0.3) is 0 Å². The molecule has 1 unspecified atom stereocenters. The van der Waals surface area contributed by atoms with Crippen molar-refractivity contribution in [1.29, 1.82) is 15.8 Å². The van der Waals surface area contributed by atoms with Crippen LogP contribution >= 0.6 is 0 Å². The Balaban J connectivity index is 0.000000171. The highest BCUT2D eigenvalue weighted by Crippen LogP contribution is 2.69. The third-order valence-electron chi connectivity index (χ3n) is 21.9. The molecule has 0 amide bonds. The molecule has 0 aliphatic heterocycles. The normalized spacial score (nSPS) is 41.9. The Hall–Kier alpha value is -3.23. The summed E-state index contributed by atoms with van der Waals surface area (Å²) >= 11 is 0. The molecule has 10 heteroatoms. The minimum absolute atomic E-state index is 0.0689. The van der Waals surface area contributed by atoms with E-state index in [1.54, 1.807) is 36.7 Å². The molecule has 0 saturated heterocycles. The highest BCUT2D eigenvalue weighted by atomic mass is 32.2. The Morgan fingerprint density at radius 3 is 1.76 bits per heavy atom. The first-order valence-electron chi connectivity index (χ1n) is 27.0. The Kier molecular flexibility index (Phi) is 13.3. The van der Waals surface area contributed by atoms with Gasteiger partial charge in [-0.2, -0.15) is 29.3 Å². The summed E-state index contributed by atoms with van der Waals surface area (Å²) < 4.78 is 33.2. The lowest BCUT2D eigenvalue weighted by atomic mass is 9.47. The van der Waals surface area contributed by atoms with Gasteiger partial charge in [0.1, 0.15) is 6.07 Å². The molecule has 8 saturated carbocycles. The fourth-order valence-corrected chi connectivity index (χ4v) is 19.7. The Morgan fingerprint density at radius 1 is 0.691 bits per heavy atom. The average Bonchev–Trinajstić information content (AvgIpc) is 4.02. The van der Waals surface area contributed by atoms with Gasteiger partial charge in [-0.15, -0.1) is 0 Å². The molecule has 9 nitrogen and oxygen atoms in total. The van der Waals surface area contributed by atoms with Crippen LogP contribution in [-0.4, -0.2) is 35.5 Å². The second-order valence-electron chi connectivity index (χ2n) is 26.5. The first kappa shape index (κ1) is 49.7. The molecule has 10 rings (SSSR count). The largest absolute Gasteiger partial charge is 0.390 e. The van der Waals surface area contributed by atoms with Crippen LogP contribution in [0.1, 0.15) is 175 Å². The monoisotopic (exact) mass is 946 g/mol. The van der Waals surface area contributed by atoms with E-state index in [0.29, 0.717) is 35.3 Å². The summed E-state index contributed by atoms with van der Waals surface area (Å²) in [6, 6.07) is 14.1. The van der Waals surface area contributed by atoms with Gasteiger partial charge in [-0.3, -0.25) is 8.86 Å².